The third kappa shape index (κ3) is 2.37. The van der Waals surface area contributed by atoms with Crippen molar-refractivity contribution in [3.05, 3.63) is 30.3 Å². The first-order valence-corrected chi connectivity index (χ1v) is 3.42. The van der Waals surface area contributed by atoms with Crippen molar-refractivity contribution < 1.29 is 14.6 Å². The van der Waals surface area contributed by atoms with Crippen LogP contribution in [0.4, 0.5) is 0 Å². The Morgan fingerprint density at radius 1 is 1.42 bits per heavy atom. The smallest absolute Gasteiger partial charge is 0.422 e. The molecule has 0 saturated carbocycles. The Morgan fingerprint density at radius 3 is 2.67 bits per heavy atom. The van der Waals surface area contributed by atoms with Gasteiger partial charge in [0.15, 0.2) is 0 Å². The van der Waals surface area contributed by atoms with Gasteiger partial charge < -0.3 is 5.02 Å². The van der Waals surface area contributed by atoms with Gasteiger partial charge in [-0.1, -0.05) is 30.3 Å². The fraction of sp³-hybridized carbons (Fsp3) is 0. The van der Waals surface area contributed by atoms with E-state index in [1.54, 1.807) is 24.3 Å². The van der Waals surface area contributed by atoms with E-state index in [0.717, 1.165) is 0 Å². The minimum Gasteiger partial charge on any atom is -0.422 e. The second-order valence-electron chi connectivity index (χ2n) is 2.12. The molecular formula is C7H8BNO3. The number of rotatable bonds is 4. The number of hydrogen-bond donors (Lipinski definition) is 2. The van der Waals surface area contributed by atoms with E-state index < -0.39 is 7.12 Å². The molecule has 0 bridgehead atoms. The van der Waals surface area contributed by atoms with Crippen LogP contribution in [0.5, 0.6) is 0 Å². The fourth-order valence-corrected chi connectivity index (χ4v) is 0.778. The number of hydrogen-bond acceptors (Lipinski definition) is 3. The molecule has 4 nitrogen and oxygen atoms in total. The maximum absolute atomic E-state index is 9.79. The van der Waals surface area contributed by atoms with Crippen molar-refractivity contribution in [1.29, 1.82) is 0 Å². The van der Waals surface area contributed by atoms with Crippen molar-refractivity contribution >= 4 is 19.0 Å². The van der Waals surface area contributed by atoms with Crippen molar-refractivity contribution in [1.82, 2.24) is 5.48 Å². The quantitative estimate of drug-likeness (QED) is 0.343. The molecule has 0 unspecified atom stereocenters. The van der Waals surface area contributed by atoms with Crippen LogP contribution in [0.3, 0.4) is 0 Å². The molecule has 0 spiro atoms. The molecule has 1 aromatic carbocycles. The van der Waals surface area contributed by atoms with Gasteiger partial charge in [-0.3, -0.25) is 15.0 Å². The number of amides is 1. The molecule has 1 amide bonds. The summed E-state index contributed by atoms with van der Waals surface area (Å²) in [6.07, 6.45) is 0.353. The number of benzene rings is 1. The van der Waals surface area contributed by atoms with Gasteiger partial charge in [-0.25, -0.2) is 0 Å². The summed E-state index contributed by atoms with van der Waals surface area (Å²) in [4.78, 5) is 9.79. The average molecular weight is 165 g/mol. The van der Waals surface area contributed by atoms with Gasteiger partial charge >= 0.3 is 7.12 Å². The zero-order valence-corrected chi connectivity index (χ0v) is 6.31. The van der Waals surface area contributed by atoms with E-state index in [-0.39, 0.29) is 0 Å². The van der Waals surface area contributed by atoms with Crippen molar-refractivity contribution in [3.63, 3.8) is 0 Å². The van der Waals surface area contributed by atoms with Crippen LogP contribution >= 0.6 is 0 Å². The summed E-state index contributed by atoms with van der Waals surface area (Å²) < 4.78 is 4.51. The van der Waals surface area contributed by atoms with E-state index in [1.807, 2.05) is 11.5 Å². The number of nitrogens with one attached hydrogen (secondary N) is 1. The minimum atomic E-state index is -1.11. The minimum absolute atomic E-state index is 0.353. The first kappa shape index (κ1) is 8.77. The van der Waals surface area contributed by atoms with Crippen molar-refractivity contribution in [2.75, 3.05) is 0 Å². The largest absolute Gasteiger partial charge is 0.514 e. The van der Waals surface area contributed by atoms with Crippen molar-refractivity contribution in [2.24, 2.45) is 0 Å². The fourth-order valence-electron chi connectivity index (χ4n) is 0.778. The van der Waals surface area contributed by atoms with Gasteiger partial charge in [0.05, 0.1) is 0 Å². The molecule has 0 aliphatic rings. The van der Waals surface area contributed by atoms with E-state index in [0.29, 0.717) is 11.9 Å². The normalized spacial score (nSPS) is 9.08. The van der Waals surface area contributed by atoms with Gasteiger partial charge in [0.25, 0.3) is 0 Å². The van der Waals surface area contributed by atoms with Crippen LogP contribution in [0.15, 0.2) is 30.3 Å². The zero-order chi connectivity index (χ0) is 8.81. The molecule has 62 valence electrons. The van der Waals surface area contributed by atoms with Crippen LogP contribution in [0, 0.1) is 0 Å². The monoisotopic (exact) mass is 165 g/mol. The predicted molar refractivity (Wildman–Crippen MR) is 44.3 cm³/mol. The Kier molecular flexibility index (Phi) is 3.31. The van der Waals surface area contributed by atoms with Gasteiger partial charge in [-0.2, -0.15) is 0 Å². The molecule has 0 radical (unpaired) electrons. The predicted octanol–water partition coefficient (Wildman–Crippen LogP) is -0.948. The molecule has 0 aromatic heterocycles. The molecule has 0 heterocycles. The second kappa shape index (κ2) is 4.53. The third-order valence-electron chi connectivity index (χ3n) is 1.31. The molecular weight excluding hydrogens is 157 g/mol. The van der Waals surface area contributed by atoms with Gasteiger partial charge in [-0.05, 0) is 5.46 Å². The van der Waals surface area contributed by atoms with Gasteiger partial charge in [-0.15, -0.1) is 0 Å². The third-order valence-corrected chi connectivity index (χ3v) is 1.31. The highest BCUT2D eigenvalue weighted by atomic mass is 16.7. The van der Waals surface area contributed by atoms with Gasteiger partial charge in [0.1, 0.15) is 0 Å². The van der Waals surface area contributed by atoms with Crippen LogP contribution in [0.25, 0.3) is 0 Å². The Bertz CT molecular complexity index is 242. The highest BCUT2D eigenvalue weighted by molar-refractivity contribution is 6.59. The van der Waals surface area contributed by atoms with Crippen LogP contribution < -0.4 is 10.9 Å². The van der Waals surface area contributed by atoms with E-state index in [2.05, 4.69) is 4.76 Å². The lowest BCUT2D eigenvalue weighted by Crippen LogP contribution is -2.38. The molecule has 2 N–H and O–H groups in total. The zero-order valence-electron chi connectivity index (χ0n) is 6.31. The maximum atomic E-state index is 9.79. The molecule has 5 heteroatoms. The summed E-state index contributed by atoms with van der Waals surface area (Å²) in [7, 11) is -1.11. The first-order chi connectivity index (χ1) is 5.84. The van der Waals surface area contributed by atoms with E-state index in [9.17, 15) is 9.82 Å². The van der Waals surface area contributed by atoms with Crippen LogP contribution in [-0.4, -0.2) is 18.6 Å². The number of carbonyl (C=O) groups is 1. The standard InChI is InChI=1S/C7H8BNO3/c10-6-9-12-8(11)7-4-2-1-3-5-7/h1-6,11H,(H,9,10). The molecule has 0 saturated heterocycles. The Labute approximate surface area is 70.3 Å². The number of carbonyl (C=O) groups excluding carboxylic acids is 1. The van der Waals surface area contributed by atoms with Crippen LogP contribution in [0.1, 0.15) is 0 Å². The second-order valence-corrected chi connectivity index (χ2v) is 2.12. The van der Waals surface area contributed by atoms with E-state index in [1.165, 1.54) is 0 Å². The molecule has 0 atom stereocenters. The van der Waals surface area contributed by atoms with E-state index in [4.69, 9.17) is 0 Å². The highest BCUT2D eigenvalue weighted by Crippen LogP contribution is 1.85. The van der Waals surface area contributed by atoms with E-state index >= 15 is 0 Å². The molecule has 0 aliphatic heterocycles. The summed E-state index contributed by atoms with van der Waals surface area (Å²) in [6.45, 7) is 0. The Morgan fingerprint density at radius 2 is 2.08 bits per heavy atom. The molecule has 1 rings (SSSR count). The summed E-state index contributed by atoms with van der Waals surface area (Å²) in [5, 5.41) is 9.21. The highest BCUT2D eigenvalue weighted by Gasteiger charge is 2.15. The number of hydroxylamine groups is 1. The van der Waals surface area contributed by atoms with Crippen LogP contribution in [-0.2, 0) is 9.55 Å². The van der Waals surface area contributed by atoms with Gasteiger partial charge in [0.2, 0.25) is 6.41 Å². The van der Waals surface area contributed by atoms with Crippen molar-refractivity contribution in [2.45, 2.75) is 0 Å². The molecule has 12 heavy (non-hydrogen) atoms. The van der Waals surface area contributed by atoms with Crippen LogP contribution in [0.2, 0.25) is 0 Å². The Balaban J connectivity index is 2.53. The lowest BCUT2D eigenvalue weighted by molar-refractivity contribution is -0.115. The lowest BCUT2D eigenvalue weighted by Gasteiger charge is -2.04. The molecule has 1 aromatic rings. The average Bonchev–Trinajstić information content (AvgIpc) is 2.15. The molecule has 0 aliphatic carbocycles. The van der Waals surface area contributed by atoms with Gasteiger partial charge in [0, 0.05) is 0 Å². The first-order valence-electron chi connectivity index (χ1n) is 3.42. The SMILES string of the molecule is O=CNOB(O)c1ccccc1. The summed E-state index contributed by atoms with van der Waals surface area (Å²) in [5.74, 6) is 0. The topological polar surface area (TPSA) is 58.6 Å². The summed E-state index contributed by atoms with van der Waals surface area (Å²) in [5.41, 5.74) is 2.51. The maximum Gasteiger partial charge on any atom is 0.514 e. The van der Waals surface area contributed by atoms with Crippen molar-refractivity contribution in [3.8, 4) is 0 Å². The summed E-state index contributed by atoms with van der Waals surface area (Å²) >= 11 is 0. The summed E-state index contributed by atoms with van der Waals surface area (Å²) in [6, 6.07) is 8.74. The lowest BCUT2D eigenvalue weighted by atomic mass is 9.80. The molecule has 0 fully saturated rings. The Hall–Kier alpha value is -1.33.